The summed E-state index contributed by atoms with van der Waals surface area (Å²) in [6, 6.07) is 10.1. The molecule has 3 aromatic rings. The number of halogens is 1. The first-order valence-corrected chi connectivity index (χ1v) is 14.2. The van der Waals surface area contributed by atoms with Crippen LogP contribution >= 0.6 is 11.6 Å². The van der Waals surface area contributed by atoms with E-state index >= 15 is 0 Å². The molecule has 1 aliphatic carbocycles. The van der Waals surface area contributed by atoms with Crippen molar-refractivity contribution in [2.45, 2.75) is 56.9 Å². The van der Waals surface area contributed by atoms with E-state index in [2.05, 4.69) is 48.3 Å². The van der Waals surface area contributed by atoms with E-state index in [9.17, 15) is 9.59 Å². The molecule has 9 heteroatoms. The van der Waals surface area contributed by atoms with Crippen molar-refractivity contribution in [3.05, 3.63) is 77.0 Å². The molecule has 2 fully saturated rings. The Morgan fingerprint density at radius 3 is 2.59 bits per heavy atom. The van der Waals surface area contributed by atoms with Crippen molar-refractivity contribution in [2.24, 2.45) is 5.92 Å². The number of carbonyl (C=O) groups is 2. The predicted octanol–water partition coefficient (Wildman–Crippen LogP) is 4.71. The van der Waals surface area contributed by atoms with Crippen LogP contribution in [0.1, 0.15) is 60.1 Å². The van der Waals surface area contributed by atoms with Gasteiger partial charge in [-0.05, 0) is 69.1 Å². The molecule has 6 rings (SSSR count). The van der Waals surface area contributed by atoms with Crippen LogP contribution in [0.4, 0.5) is 11.5 Å². The van der Waals surface area contributed by atoms with Gasteiger partial charge in [0.25, 0.3) is 5.91 Å². The fourth-order valence-corrected chi connectivity index (χ4v) is 6.74. The van der Waals surface area contributed by atoms with Crippen molar-refractivity contribution in [3.63, 3.8) is 0 Å². The second kappa shape index (κ2) is 10.6. The van der Waals surface area contributed by atoms with Gasteiger partial charge in [-0.1, -0.05) is 29.8 Å². The summed E-state index contributed by atoms with van der Waals surface area (Å²) in [4.78, 5) is 44.1. The zero-order valence-electron chi connectivity index (χ0n) is 22.1. The van der Waals surface area contributed by atoms with Crippen LogP contribution < -0.4 is 15.1 Å². The lowest BCUT2D eigenvalue weighted by Gasteiger charge is -2.39. The number of rotatable bonds is 5. The van der Waals surface area contributed by atoms with Gasteiger partial charge in [-0.25, -0.2) is 4.98 Å². The van der Waals surface area contributed by atoms with Crippen LogP contribution in [-0.4, -0.2) is 52.4 Å². The standard InChI is InChI=1S/C30H33ClN6O2/c1-20-24(16-22(31)17-34-20)28(38)35-23-8-6-21(7-9-23)19-37-26-5-3-2-4-25(26)30(29(37)39)10-14-36(15-11-30)27-18-32-12-13-33-27/h2-5,12-13,16-18,21,23H,6-11,14-15,19H2,1H3,(H,35,38)/t21-,23-. The summed E-state index contributed by atoms with van der Waals surface area (Å²) in [5.41, 5.74) is 2.96. The highest BCUT2D eigenvalue weighted by Gasteiger charge is 2.52. The fourth-order valence-electron chi connectivity index (χ4n) is 6.58. The number of hydrogen-bond acceptors (Lipinski definition) is 6. The van der Waals surface area contributed by atoms with Crippen LogP contribution in [0.5, 0.6) is 0 Å². The molecule has 0 atom stereocenters. The van der Waals surface area contributed by atoms with Crippen LogP contribution in [0.15, 0.2) is 55.1 Å². The maximum atomic E-state index is 14.1. The van der Waals surface area contributed by atoms with Crippen molar-refractivity contribution in [2.75, 3.05) is 29.4 Å². The lowest BCUT2D eigenvalue weighted by Crippen LogP contribution is -2.50. The molecule has 2 aromatic heterocycles. The molecule has 1 saturated heterocycles. The number of hydrogen-bond donors (Lipinski definition) is 1. The SMILES string of the molecule is Cc1ncc(Cl)cc1C(=O)N[C@H]1CC[C@H](CN2C(=O)C3(CCN(c4cnccn4)CC3)c3ccccc32)CC1. The monoisotopic (exact) mass is 544 g/mol. The molecule has 0 bridgehead atoms. The van der Waals surface area contributed by atoms with Crippen LogP contribution in [0.2, 0.25) is 5.02 Å². The van der Waals surface area contributed by atoms with Crippen LogP contribution in [0, 0.1) is 12.8 Å². The summed E-state index contributed by atoms with van der Waals surface area (Å²) in [7, 11) is 0. The Balaban J connectivity index is 1.10. The second-order valence-electron chi connectivity index (χ2n) is 11.0. The summed E-state index contributed by atoms with van der Waals surface area (Å²) in [6.07, 6.45) is 12.0. The van der Waals surface area contributed by atoms with Gasteiger partial charge >= 0.3 is 0 Å². The Morgan fingerprint density at radius 1 is 1.08 bits per heavy atom. The number of aryl methyl sites for hydroxylation is 1. The number of carbonyl (C=O) groups excluding carboxylic acids is 2. The van der Waals surface area contributed by atoms with Gasteiger partial charge in [0.15, 0.2) is 0 Å². The predicted molar refractivity (Wildman–Crippen MR) is 151 cm³/mol. The van der Waals surface area contributed by atoms with Crippen LogP contribution in [0.3, 0.4) is 0 Å². The summed E-state index contributed by atoms with van der Waals surface area (Å²) >= 11 is 6.06. The van der Waals surface area contributed by atoms with E-state index in [1.165, 1.54) is 5.56 Å². The molecule has 4 heterocycles. The Labute approximate surface area is 233 Å². The lowest BCUT2D eigenvalue weighted by molar-refractivity contribution is -0.124. The molecule has 1 N–H and O–H groups in total. The van der Waals surface area contributed by atoms with Gasteiger partial charge in [0.2, 0.25) is 5.91 Å². The Bertz CT molecular complexity index is 1370. The summed E-state index contributed by atoms with van der Waals surface area (Å²) in [5, 5.41) is 3.63. The van der Waals surface area contributed by atoms with Gasteiger partial charge in [-0.15, -0.1) is 0 Å². The third kappa shape index (κ3) is 4.86. The molecular formula is C30H33ClN6O2. The van der Waals surface area contributed by atoms with E-state index in [0.29, 0.717) is 22.2 Å². The number of pyridine rings is 1. The molecule has 2 amide bonds. The zero-order valence-corrected chi connectivity index (χ0v) is 22.9. The van der Waals surface area contributed by atoms with Crippen molar-refractivity contribution in [3.8, 4) is 0 Å². The topological polar surface area (TPSA) is 91.3 Å². The molecule has 0 unspecified atom stereocenters. The maximum Gasteiger partial charge on any atom is 0.253 e. The van der Waals surface area contributed by atoms with Gasteiger partial charge in [0, 0.05) is 50.0 Å². The second-order valence-corrected chi connectivity index (χ2v) is 11.5. The van der Waals surface area contributed by atoms with Crippen LogP contribution in [0.25, 0.3) is 0 Å². The molecule has 8 nitrogen and oxygen atoms in total. The first-order valence-electron chi connectivity index (χ1n) is 13.8. The number of benzene rings is 1. The maximum absolute atomic E-state index is 14.1. The number of amides is 2. The number of anilines is 2. The molecule has 2 aliphatic heterocycles. The molecular weight excluding hydrogens is 512 g/mol. The van der Waals surface area contributed by atoms with E-state index in [1.807, 2.05) is 13.0 Å². The summed E-state index contributed by atoms with van der Waals surface area (Å²) in [6.45, 7) is 4.10. The van der Waals surface area contributed by atoms with E-state index in [-0.39, 0.29) is 17.9 Å². The van der Waals surface area contributed by atoms with Crippen LogP contribution in [-0.2, 0) is 10.2 Å². The van der Waals surface area contributed by atoms with Crippen molar-refractivity contribution >= 4 is 34.9 Å². The molecule has 1 aromatic carbocycles. The Morgan fingerprint density at radius 2 is 1.85 bits per heavy atom. The van der Waals surface area contributed by atoms with Gasteiger partial charge in [0.05, 0.1) is 27.9 Å². The summed E-state index contributed by atoms with van der Waals surface area (Å²) in [5.74, 6) is 1.39. The first-order chi connectivity index (χ1) is 18.9. The third-order valence-corrected chi connectivity index (χ3v) is 8.98. The quantitative estimate of drug-likeness (QED) is 0.500. The molecule has 1 spiro atoms. The number of para-hydroxylation sites is 1. The molecule has 39 heavy (non-hydrogen) atoms. The third-order valence-electron chi connectivity index (χ3n) is 8.78. The smallest absolute Gasteiger partial charge is 0.253 e. The van der Waals surface area contributed by atoms with Gasteiger partial charge in [-0.3, -0.25) is 19.6 Å². The molecule has 202 valence electrons. The van der Waals surface area contributed by atoms with Crippen molar-refractivity contribution in [1.82, 2.24) is 20.3 Å². The Hall–Kier alpha value is -3.52. The number of nitrogens with zero attached hydrogens (tertiary/aromatic N) is 5. The van der Waals surface area contributed by atoms with Gasteiger partial charge < -0.3 is 15.1 Å². The molecule has 3 aliphatic rings. The minimum atomic E-state index is -0.469. The number of nitrogens with one attached hydrogen (secondary N) is 1. The molecule has 1 saturated carbocycles. The minimum absolute atomic E-state index is 0.116. The molecule has 0 radical (unpaired) electrons. The highest BCUT2D eigenvalue weighted by Crippen LogP contribution is 2.48. The summed E-state index contributed by atoms with van der Waals surface area (Å²) < 4.78 is 0. The number of aromatic nitrogens is 3. The Kier molecular flexibility index (Phi) is 6.97. The van der Waals surface area contributed by atoms with Gasteiger partial charge in [-0.2, -0.15) is 0 Å². The number of piperidine rings is 1. The first kappa shape index (κ1) is 25.7. The zero-order chi connectivity index (χ0) is 27.0. The van der Waals surface area contributed by atoms with E-state index in [0.717, 1.165) is 69.7 Å². The van der Waals surface area contributed by atoms with Gasteiger partial charge in [0.1, 0.15) is 5.82 Å². The number of fused-ring (bicyclic) bond motifs is 2. The average molecular weight is 545 g/mol. The normalized spacial score (nSPS) is 22.2. The lowest BCUT2D eigenvalue weighted by atomic mass is 9.73. The van der Waals surface area contributed by atoms with E-state index < -0.39 is 5.41 Å². The average Bonchev–Trinajstić information content (AvgIpc) is 3.19. The largest absolute Gasteiger partial charge is 0.355 e. The van der Waals surface area contributed by atoms with Crippen molar-refractivity contribution in [1.29, 1.82) is 0 Å². The van der Waals surface area contributed by atoms with E-state index in [1.54, 1.807) is 30.9 Å². The fraction of sp³-hybridized carbons (Fsp3) is 0.433. The van der Waals surface area contributed by atoms with E-state index in [4.69, 9.17) is 11.6 Å². The minimum Gasteiger partial charge on any atom is -0.355 e. The highest BCUT2D eigenvalue weighted by molar-refractivity contribution is 6.30. The van der Waals surface area contributed by atoms with Crippen molar-refractivity contribution < 1.29 is 9.59 Å². The highest BCUT2D eigenvalue weighted by atomic mass is 35.5.